The van der Waals surface area contributed by atoms with Gasteiger partial charge in [0.1, 0.15) is 5.82 Å². The third-order valence-corrected chi connectivity index (χ3v) is 8.15. The van der Waals surface area contributed by atoms with Crippen LogP contribution in [-0.4, -0.2) is 96.2 Å². The van der Waals surface area contributed by atoms with Crippen LogP contribution in [0.25, 0.3) is 11.1 Å². The number of anilines is 3. The molecule has 0 bridgehead atoms. The number of piperazine rings is 2. The van der Waals surface area contributed by atoms with Crippen LogP contribution in [0.2, 0.25) is 0 Å². The van der Waals surface area contributed by atoms with E-state index in [2.05, 4.69) is 25.1 Å². The quantitative estimate of drug-likeness (QED) is 0.446. The van der Waals surface area contributed by atoms with Gasteiger partial charge in [-0.25, -0.2) is 14.4 Å². The number of carbonyl (C=O) groups is 1. The van der Waals surface area contributed by atoms with Crippen molar-refractivity contribution in [2.24, 2.45) is 7.05 Å². The highest BCUT2D eigenvalue weighted by atomic mass is 19.4. The van der Waals surface area contributed by atoms with Crippen molar-refractivity contribution >= 4 is 23.2 Å². The zero-order chi connectivity index (χ0) is 31.1. The Morgan fingerprint density at radius 2 is 1.60 bits per heavy atom. The Labute approximate surface area is 246 Å². The van der Waals surface area contributed by atoms with E-state index in [0.717, 1.165) is 36.9 Å². The minimum absolute atomic E-state index is 0.0858. The fourth-order valence-corrected chi connectivity index (χ4v) is 5.28. The molecule has 2 fully saturated rings. The monoisotopic (exact) mass is 602 g/mol. The van der Waals surface area contributed by atoms with Crippen LogP contribution in [0.5, 0.6) is 0 Å². The van der Waals surface area contributed by atoms with Crippen LogP contribution in [-0.2, 0) is 13.2 Å². The van der Waals surface area contributed by atoms with Gasteiger partial charge in [-0.1, -0.05) is 0 Å². The summed E-state index contributed by atoms with van der Waals surface area (Å²) in [4.78, 5) is 42.5. The lowest BCUT2D eigenvalue weighted by molar-refractivity contribution is -0.138. The number of amides is 1. The standard InChI is InChI=1S/C29H34F4N8O2/c1-18-16-41(10-7-38(18)3)25-13-23(30)20(19-14-34-28(35-15-19)40-8-5-37(2)6-9-40)11-24(25)36-27(43)21-17-39(4)26(42)12-22(21)29(31,32)33/h11-15,17-18H,5-10,16H2,1-4H3,(H,36,43). The molecule has 0 aliphatic carbocycles. The topological polar surface area (TPSA) is 89.8 Å². The lowest BCUT2D eigenvalue weighted by Crippen LogP contribution is -2.50. The maximum Gasteiger partial charge on any atom is 0.417 e. The van der Waals surface area contributed by atoms with Gasteiger partial charge in [0.25, 0.3) is 11.5 Å². The predicted octanol–water partition coefficient (Wildman–Crippen LogP) is 3.14. The summed E-state index contributed by atoms with van der Waals surface area (Å²) >= 11 is 0. The van der Waals surface area contributed by atoms with Crippen LogP contribution in [0.1, 0.15) is 22.8 Å². The molecular weight excluding hydrogens is 568 g/mol. The molecule has 1 unspecified atom stereocenters. The van der Waals surface area contributed by atoms with E-state index in [1.54, 1.807) is 0 Å². The smallest absolute Gasteiger partial charge is 0.367 e. The third kappa shape index (κ3) is 6.49. The van der Waals surface area contributed by atoms with Crippen molar-refractivity contribution in [2.45, 2.75) is 19.1 Å². The molecule has 230 valence electrons. The molecule has 0 saturated carbocycles. The van der Waals surface area contributed by atoms with E-state index in [1.807, 2.05) is 30.8 Å². The number of aryl methyl sites for hydroxylation is 1. The Morgan fingerprint density at radius 1 is 0.953 bits per heavy atom. The van der Waals surface area contributed by atoms with Crippen molar-refractivity contribution in [2.75, 3.05) is 75.0 Å². The van der Waals surface area contributed by atoms with Gasteiger partial charge < -0.3 is 29.5 Å². The third-order valence-electron chi connectivity index (χ3n) is 8.15. The van der Waals surface area contributed by atoms with Crippen LogP contribution in [0.3, 0.4) is 0 Å². The van der Waals surface area contributed by atoms with Crippen LogP contribution in [0, 0.1) is 5.82 Å². The Hall–Kier alpha value is -4.04. The van der Waals surface area contributed by atoms with E-state index in [4.69, 9.17) is 0 Å². The lowest BCUT2D eigenvalue weighted by Gasteiger charge is -2.39. The van der Waals surface area contributed by atoms with Crippen LogP contribution in [0.4, 0.5) is 34.9 Å². The minimum Gasteiger partial charge on any atom is -0.367 e. The van der Waals surface area contributed by atoms with Gasteiger partial charge in [0.05, 0.1) is 22.5 Å². The predicted molar refractivity (Wildman–Crippen MR) is 156 cm³/mol. The molecular formula is C29H34F4N8O2. The summed E-state index contributed by atoms with van der Waals surface area (Å²) in [6, 6.07) is 3.18. The van der Waals surface area contributed by atoms with Crippen LogP contribution >= 0.6 is 0 Å². The first-order valence-electron chi connectivity index (χ1n) is 14.0. The number of pyridine rings is 1. The Bertz CT molecular complexity index is 1550. The fraction of sp³-hybridized carbons (Fsp3) is 0.448. The molecule has 3 aromatic rings. The molecule has 2 saturated heterocycles. The maximum absolute atomic E-state index is 15.7. The van der Waals surface area contributed by atoms with E-state index in [-0.39, 0.29) is 17.3 Å². The number of rotatable bonds is 5. The first kappa shape index (κ1) is 30.4. The van der Waals surface area contributed by atoms with E-state index < -0.39 is 34.6 Å². The van der Waals surface area contributed by atoms with Gasteiger partial charge in [0.2, 0.25) is 5.95 Å². The number of halogens is 4. The summed E-state index contributed by atoms with van der Waals surface area (Å²) in [6.45, 7) is 6.93. The summed E-state index contributed by atoms with van der Waals surface area (Å²) in [6.07, 6.45) is -1.09. The van der Waals surface area contributed by atoms with Crippen molar-refractivity contribution in [3.63, 3.8) is 0 Å². The van der Waals surface area contributed by atoms with Crippen LogP contribution < -0.4 is 20.7 Å². The van der Waals surface area contributed by atoms with E-state index >= 15 is 4.39 Å². The normalized spacial score (nSPS) is 18.7. The summed E-state index contributed by atoms with van der Waals surface area (Å²) < 4.78 is 58.1. The van der Waals surface area contributed by atoms with Gasteiger partial charge in [-0.3, -0.25) is 9.59 Å². The molecule has 1 atom stereocenters. The van der Waals surface area contributed by atoms with E-state index in [0.29, 0.717) is 42.9 Å². The highest BCUT2D eigenvalue weighted by Crippen LogP contribution is 2.37. The van der Waals surface area contributed by atoms with Crippen molar-refractivity contribution < 1.29 is 22.4 Å². The number of benzene rings is 1. The van der Waals surface area contributed by atoms with Gasteiger partial charge >= 0.3 is 6.18 Å². The Kier molecular flexibility index (Phi) is 8.43. The van der Waals surface area contributed by atoms with Crippen molar-refractivity contribution in [1.82, 2.24) is 24.3 Å². The summed E-state index contributed by atoms with van der Waals surface area (Å²) in [5.74, 6) is -1.15. The highest BCUT2D eigenvalue weighted by molar-refractivity contribution is 6.07. The fourth-order valence-electron chi connectivity index (χ4n) is 5.28. The number of alkyl halides is 3. The van der Waals surface area contributed by atoms with Gasteiger partial charge in [0, 0.05) is 94.7 Å². The minimum atomic E-state index is -4.94. The Balaban J connectivity index is 1.53. The average molecular weight is 603 g/mol. The summed E-state index contributed by atoms with van der Waals surface area (Å²) in [5.41, 5.74) is -2.08. The molecule has 1 N–H and O–H groups in total. The second-order valence-corrected chi connectivity index (χ2v) is 11.2. The average Bonchev–Trinajstić information content (AvgIpc) is 2.96. The first-order valence-corrected chi connectivity index (χ1v) is 14.0. The van der Waals surface area contributed by atoms with Gasteiger partial charge in [-0.05, 0) is 33.2 Å². The molecule has 2 aliphatic heterocycles. The molecule has 5 rings (SSSR count). The highest BCUT2D eigenvalue weighted by Gasteiger charge is 2.36. The number of hydrogen-bond acceptors (Lipinski definition) is 8. The van der Waals surface area contributed by atoms with Crippen molar-refractivity contribution in [3.8, 4) is 11.1 Å². The molecule has 2 aromatic heterocycles. The van der Waals surface area contributed by atoms with Gasteiger partial charge in [0.15, 0.2) is 0 Å². The lowest BCUT2D eigenvalue weighted by atomic mass is 10.0. The van der Waals surface area contributed by atoms with E-state index in [1.165, 1.54) is 31.6 Å². The number of nitrogens with one attached hydrogen (secondary N) is 1. The Morgan fingerprint density at radius 3 is 2.23 bits per heavy atom. The van der Waals surface area contributed by atoms with Crippen LogP contribution in [0.15, 0.2) is 41.6 Å². The summed E-state index contributed by atoms with van der Waals surface area (Å²) in [7, 11) is 5.27. The maximum atomic E-state index is 15.7. The number of likely N-dealkylation sites (N-methyl/N-ethyl adjacent to an activating group) is 2. The molecule has 1 amide bonds. The zero-order valence-corrected chi connectivity index (χ0v) is 24.5. The van der Waals surface area contributed by atoms with E-state index in [9.17, 15) is 22.8 Å². The number of hydrogen-bond donors (Lipinski definition) is 1. The molecule has 0 spiro atoms. The number of aromatic nitrogens is 3. The van der Waals surface area contributed by atoms with Gasteiger partial charge in [-0.15, -0.1) is 0 Å². The SMILES string of the molecule is CC1CN(c2cc(F)c(-c3cnc(N4CCN(C)CC4)nc3)cc2NC(=O)c2cn(C)c(=O)cc2C(F)(F)F)CCN1C. The second-order valence-electron chi connectivity index (χ2n) is 11.2. The number of nitrogens with zero attached hydrogens (tertiary/aromatic N) is 7. The molecule has 1 aromatic carbocycles. The second kappa shape index (κ2) is 11.9. The van der Waals surface area contributed by atoms with Gasteiger partial charge in [-0.2, -0.15) is 13.2 Å². The summed E-state index contributed by atoms with van der Waals surface area (Å²) in [5, 5.41) is 2.58. The largest absolute Gasteiger partial charge is 0.417 e. The van der Waals surface area contributed by atoms with Crippen molar-refractivity contribution in [3.05, 3.63) is 64.1 Å². The molecule has 43 heavy (non-hydrogen) atoms. The molecule has 2 aliphatic rings. The molecule has 14 heteroatoms. The molecule has 4 heterocycles. The zero-order valence-electron chi connectivity index (χ0n) is 24.5. The van der Waals surface area contributed by atoms with Crippen molar-refractivity contribution in [1.29, 1.82) is 0 Å². The molecule has 0 radical (unpaired) electrons. The molecule has 10 nitrogen and oxygen atoms in total. The first-order chi connectivity index (χ1) is 20.3. The number of carbonyl (C=O) groups excluding carboxylic acids is 1.